The van der Waals surface area contributed by atoms with Crippen molar-refractivity contribution in [1.29, 1.82) is 0 Å². The van der Waals surface area contributed by atoms with Crippen molar-refractivity contribution >= 4 is 17.8 Å². The van der Waals surface area contributed by atoms with E-state index in [1.807, 2.05) is 24.3 Å². The van der Waals surface area contributed by atoms with Gasteiger partial charge in [-0.25, -0.2) is 4.79 Å². The van der Waals surface area contributed by atoms with Gasteiger partial charge in [-0.3, -0.25) is 14.5 Å². The topological polar surface area (TPSA) is 92.5 Å². The van der Waals surface area contributed by atoms with Crippen molar-refractivity contribution in [3.63, 3.8) is 0 Å². The molecule has 1 atom stereocenters. The zero-order chi connectivity index (χ0) is 15.0. The highest BCUT2D eigenvalue weighted by molar-refractivity contribution is 6.08. The molecule has 2 aliphatic rings. The van der Waals surface area contributed by atoms with Crippen LogP contribution in [0.2, 0.25) is 0 Å². The van der Waals surface area contributed by atoms with Gasteiger partial charge < -0.3 is 11.1 Å². The van der Waals surface area contributed by atoms with Gasteiger partial charge in [0, 0.05) is 13.0 Å². The van der Waals surface area contributed by atoms with Crippen molar-refractivity contribution in [2.45, 2.75) is 31.2 Å². The SMILES string of the molecule is NC(=O)CCN1C(=O)N[C@]2(CCCc3ccccc32)C1=O. The highest BCUT2D eigenvalue weighted by Gasteiger charge is 2.53. The van der Waals surface area contributed by atoms with Gasteiger partial charge in [0.15, 0.2) is 0 Å². The number of nitrogens with zero attached hydrogens (tertiary/aromatic N) is 1. The molecule has 0 radical (unpaired) electrons. The Kier molecular flexibility index (Phi) is 3.16. The number of nitrogens with one attached hydrogen (secondary N) is 1. The number of benzene rings is 1. The van der Waals surface area contributed by atoms with Crippen molar-refractivity contribution in [3.8, 4) is 0 Å². The Morgan fingerprint density at radius 3 is 2.86 bits per heavy atom. The number of imide groups is 1. The highest BCUT2D eigenvalue weighted by atomic mass is 16.2. The number of carbonyl (C=O) groups excluding carboxylic acids is 3. The number of amides is 4. The first-order valence-electron chi connectivity index (χ1n) is 7.05. The minimum absolute atomic E-state index is 0.0170. The van der Waals surface area contributed by atoms with E-state index in [0.717, 1.165) is 28.9 Å². The molecule has 6 heteroatoms. The van der Waals surface area contributed by atoms with E-state index >= 15 is 0 Å². The smallest absolute Gasteiger partial charge is 0.325 e. The zero-order valence-corrected chi connectivity index (χ0v) is 11.6. The lowest BCUT2D eigenvalue weighted by Gasteiger charge is -2.33. The lowest BCUT2D eigenvalue weighted by atomic mass is 9.76. The van der Waals surface area contributed by atoms with Crippen LogP contribution in [0.15, 0.2) is 24.3 Å². The van der Waals surface area contributed by atoms with Crippen LogP contribution in [0.5, 0.6) is 0 Å². The molecule has 3 N–H and O–H groups in total. The first-order valence-corrected chi connectivity index (χ1v) is 7.05. The maximum atomic E-state index is 12.8. The second-order valence-electron chi connectivity index (χ2n) is 5.52. The number of carbonyl (C=O) groups is 3. The van der Waals surface area contributed by atoms with E-state index in [2.05, 4.69) is 5.32 Å². The third-order valence-electron chi connectivity index (χ3n) is 4.23. The summed E-state index contributed by atoms with van der Waals surface area (Å²) in [5.74, 6) is -0.804. The molecule has 0 bridgehead atoms. The van der Waals surface area contributed by atoms with Gasteiger partial charge in [0.25, 0.3) is 5.91 Å². The zero-order valence-electron chi connectivity index (χ0n) is 11.6. The largest absolute Gasteiger partial charge is 0.370 e. The molecule has 1 aromatic rings. The van der Waals surface area contributed by atoms with E-state index in [9.17, 15) is 14.4 Å². The summed E-state index contributed by atoms with van der Waals surface area (Å²) in [6, 6.07) is 7.24. The average molecular weight is 287 g/mol. The van der Waals surface area contributed by atoms with Gasteiger partial charge in [-0.1, -0.05) is 24.3 Å². The summed E-state index contributed by atoms with van der Waals surface area (Å²) in [7, 11) is 0. The molecule has 0 saturated carbocycles. The predicted molar refractivity (Wildman–Crippen MR) is 75.1 cm³/mol. The molecule has 3 rings (SSSR count). The summed E-state index contributed by atoms with van der Waals surface area (Å²) >= 11 is 0. The van der Waals surface area contributed by atoms with Crippen LogP contribution >= 0.6 is 0 Å². The Labute approximate surface area is 122 Å². The quantitative estimate of drug-likeness (QED) is 0.799. The van der Waals surface area contributed by atoms with Crippen LogP contribution in [0.25, 0.3) is 0 Å². The fourth-order valence-corrected chi connectivity index (χ4v) is 3.24. The number of hydrogen-bond donors (Lipinski definition) is 2. The summed E-state index contributed by atoms with van der Waals surface area (Å²) in [5.41, 5.74) is 6.09. The second kappa shape index (κ2) is 4.87. The van der Waals surface area contributed by atoms with E-state index in [1.54, 1.807) is 0 Å². The minimum Gasteiger partial charge on any atom is -0.370 e. The molecule has 1 aliphatic carbocycles. The van der Waals surface area contributed by atoms with E-state index in [-0.39, 0.29) is 18.9 Å². The number of aryl methyl sites for hydroxylation is 1. The van der Waals surface area contributed by atoms with E-state index in [4.69, 9.17) is 5.73 Å². The van der Waals surface area contributed by atoms with Crippen molar-refractivity contribution < 1.29 is 14.4 Å². The average Bonchev–Trinajstić information content (AvgIpc) is 2.69. The highest BCUT2D eigenvalue weighted by Crippen LogP contribution is 2.39. The fourth-order valence-electron chi connectivity index (χ4n) is 3.24. The molecule has 4 amide bonds. The number of primary amides is 1. The number of fused-ring (bicyclic) bond motifs is 2. The first kappa shape index (κ1) is 13.6. The lowest BCUT2D eigenvalue weighted by Crippen LogP contribution is -2.46. The van der Waals surface area contributed by atoms with Gasteiger partial charge in [0.2, 0.25) is 5.91 Å². The Morgan fingerprint density at radius 1 is 1.33 bits per heavy atom. The van der Waals surface area contributed by atoms with Crippen molar-refractivity contribution in [2.75, 3.05) is 6.54 Å². The van der Waals surface area contributed by atoms with Crippen LogP contribution in [-0.4, -0.2) is 29.3 Å². The van der Waals surface area contributed by atoms with Crippen LogP contribution in [0, 0.1) is 0 Å². The second-order valence-corrected chi connectivity index (χ2v) is 5.52. The molecule has 6 nitrogen and oxygen atoms in total. The van der Waals surface area contributed by atoms with Gasteiger partial charge in [0.1, 0.15) is 5.54 Å². The van der Waals surface area contributed by atoms with Gasteiger partial charge in [-0.2, -0.15) is 0 Å². The number of rotatable bonds is 3. The molecule has 1 aliphatic heterocycles. The molecule has 1 saturated heterocycles. The van der Waals surface area contributed by atoms with Crippen LogP contribution in [0.4, 0.5) is 4.79 Å². The predicted octanol–water partition coefficient (Wildman–Crippen LogP) is 0.645. The molecule has 110 valence electrons. The Hall–Kier alpha value is -2.37. The van der Waals surface area contributed by atoms with Gasteiger partial charge in [-0.05, 0) is 30.4 Å². The van der Waals surface area contributed by atoms with Crippen LogP contribution < -0.4 is 11.1 Å². The monoisotopic (exact) mass is 287 g/mol. The normalized spacial score (nSPS) is 24.1. The van der Waals surface area contributed by atoms with Gasteiger partial charge >= 0.3 is 6.03 Å². The minimum atomic E-state index is -0.969. The standard InChI is InChI=1S/C15H17N3O3/c16-12(19)7-9-18-13(20)15(17-14(18)21)8-3-5-10-4-1-2-6-11(10)15/h1-2,4,6H,3,5,7-9H2,(H2,16,19)(H,17,21)/t15-/m0/s1. The summed E-state index contributed by atoms with van der Waals surface area (Å²) < 4.78 is 0. The summed E-state index contributed by atoms with van der Waals surface area (Å²) in [5, 5.41) is 2.83. The lowest BCUT2D eigenvalue weighted by molar-refractivity contribution is -0.132. The maximum absolute atomic E-state index is 12.8. The maximum Gasteiger partial charge on any atom is 0.325 e. The van der Waals surface area contributed by atoms with Gasteiger partial charge in [0.05, 0.1) is 0 Å². The van der Waals surface area contributed by atoms with Crippen LogP contribution in [0.3, 0.4) is 0 Å². The summed E-state index contributed by atoms with van der Waals surface area (Å²) in [6.07, 6.45) is 2.31. The van der Waals surface area contributed by atoms with E-state index in [0.29, 0.717) is 6.42 Å². The molecule has 0 aromatic heterocycles. The molecule has 1 fully saturated rings. The van der Waals surface area contributed by atoms with Crippen molar-refractivity contribution in [2.24, 2.45) is 5.73 Å². The number of hydrogen-bond acceptors (Lipinski definition) is 3. The Morgan fingerprint density at radius 2 is 2.10 bits per heavy atom. The third kappa shape index (κ3) is 2.07. The van der Waals surface area contributed by atoms with Crippen molar-refractivity contribution in [3.05, 3.63) is 35.4 Å². The first-order chi connectivity index (χ1) is 10.0. The van der Waals surface area contributed by atoms with E-state index < -0.39 is 17.5 Å². The number of nitrogens with two attached hydrogens (primary N) is 1. The fraction of sp³-hybridized carbons (Fsp3) is 0.400. The Balaban J connectivity index is 1.95. The van der Waals surface area contributed by atoms with Crippen LogP contribution in [0.1, 0.15) is 30.4 Å². The van der Waals surface area contributed by atoms with Gasteiger partial charge in [-0.15, -0.1) is 0 Å². The summed E-state index contributed by atoms with van der Waals surface area (Å²) in [6.45, 7) is 0.0317. The van der Waals surface area contributed by atoms with Crippen LogP contribution in [-0.2, 0) is 21.5 Å². The third-order valence-corrected chi connectivity index (χ3v) is 4.23. The number of urea groups is 1. The molecule has 1 heterocycles. The molecular formula is C15H17N3O3. The molecule has 0 unspecified atom stereocenters. The molecule has 1 aromatic carbocycles. The van der Waals surface area contributed by atoms with E-state index in [1.165, 1.54) is 0 Å². The molecular weight excluding hydrogens is 270 g/mol. The Bertz CT molecular complexity index is 628. The summed E-state index contributed by atoms with van der Waals surface area (Å²) in [4.78, 5) is 36.9. The van der Waals surface area contributed by atoms with Crippen molar-refractivity contribution in [1.82, 2.24) is 10.2 Å². The molecule has 1 spiro atoms. The molecule has 21 heavy (non-hydrogen) atoms.